The van der Waals surface area contributed by atoms with Gasteiger partial charge in [0, 0.05) is 12.1 Å². The number of phenolic OH excluding ortho intramolecular Hbond substituents is 1. The first-order valence-electron chi connectivity index (χ1n) is 8.45. The molecule has 148 valence electrons. The summed E-state index contributed by atoms with van der Waals surface area (Å²) in [5, 5.41) is 15.4. The zero-order valence-corrected chi connectivity index (χ0v) is 16.9. The summed E-state index contributed by atoms with van der Waals surface area (Å²) in [7, 11) is -2.34. The zero-order chi connectivity index (χ0) is 19.8. The van der Waals surface area contributed by atoms with Crippen LogP contribution in [0.2, 0.25) is 5.02 Å². The molecule has 0 aliphatic heterocycles. The van der Waals surface area contributed by atoms with Crippen molar-refractivity contribution in [3.8, 4) is 5.75 Å². The second-order valence-corrected chi connectivity index (χ2v) is 9.59. The van der Waals surface area contributed by atoms with Crippen molar-refractivity contribution in [2.24, 2.45) is 0 Å². The summed E-state index contributed by atoms with van der Waals surface area (Å²) >= 11 is 12.1. The lowest BCUT2D eigenvalue weighted by molar-refractivity contribution is 0.0436. The monoisotopic (exact) mass is 434 g/mol. The van der Waals surface area contributed by atoms with Crippen LogP contribution in [0.25, 0.3) is 0 Å². The van der Waals surface area contributed by atoms with Crippen LogP contribution in [0.4, 0.5) is 10.5 Å². The maximum absolute atomic E-state index is 12.8. The number of methoxy groups -OCH3 is 1. The Morgan fingerprint density at radius 3 is 2.59 bits per heavy atom. The molecule has 2 aliphatic rings. The van der Waals surface area contributed by atoms with Gasteiger partial charge in [0.05, 0.1) is 28.1 Å². The van der Waals surface area contributed by atoms with Crippen LogP contribution in [0.3, 0.4) is 0 Å². The average Bonchev–Trinajstić information content (AvgIpc) is 2.94. The minimum absolute atomic E-state index is 0.0452. The van der Waals surface area contributed by atoms with Crippen molar-refractivity contribution in [3.05, 3.63) is 28.3 Å². The quantitative estimate of drug-likeness (QED) is 0.615. The lowest BCUT2D eigenvalue weighted by Gasteiger charge is -2.33. The van der Waals surface area contributed by atoms with Crippen LogP contribution in [0.5, 0.6) is 5.75 Å². The molecule has 27 heavy (non-hydrogen) atoms. The summed E-state index contributed by atoms with van der Waals surface area (Å²) in [6, 6.07) is 1.78. The molecule has 0 spiro atoms. The number of carbonyl (C=O) groups is 1. The van der Waals surface area contributed by atoms with Crippen molar-refractivity contribution >= 4 is 44.8 Å². The van der Waals surface area contributed by atoms with Crippen molar-refractivity contribution in [3.63, 3.8) is 0 Å². The van der Waals surface area contributed by atoms with Crippen molar-refractivity contribution in [1.29, 1.82) is 0 Å². The van der Waals surface area contributed by atoms with Crippen molar-refractivity contribution in [2.75, 3.05) is 12.4 Å². The van der Waals surface area contributed by atoms with E-state index < -0.39 is 26.9 Å². The normalized spacial score (nSPS) is 24.9. The van der Waals surface area contributed by atoms with Crippen LogP contribution >= 0.6 is 23.2 Å². The number of anilines is 1. The number of urea groups is 1. The molecule has 3 N–H and O–H groups in total. The number of halogens is 2. The number of rotatable bonds is 5. The lowest BCUT2D eigenvalue weighted by Crippen LogP contribution is -2.40. The molecule has 2 amide bonds. The van der Waals surface area contributed by atoms with E-state index in [0.717, 1.165) is 6.42 Å². The van der Waals surface area contributed by atoms with Gasteiger partial charge in [0.15, 0.2) is 15.6 Å². The standard InChI is InChI=1S/C17H20Cl2N2O5S/c1-26-9-7-10(8-9)27(24,25)16-12(19)5-6-14(15(16)22)21-17(23)20-13-4-2-3-11(13)18/h3,5-6,9-10,13,22H,2,4,7-8H2,1H3,(H2,20,21,23). The predicted octanol–water partition coefficient (Wildman–Crippen LogP) is 3.40. The Balaban J connectivity index is 1.79. The second kappa shape index (κ2) is 7.87. The van der Waals surface area contributed by atoms with E-state index in [9.17, 15) is 18.3 Å². The molecule has 1 aromatic carbocycles. The van der Waals surface area contributed by atoms with Crippen LogP contribution in [0.15, 0.2) is 28.1 Å². The maximum Gasteiger partial charge on any atom is 0.319 e. The van der Waals surface area contributed by atoms with Gasteiger partial charge in [0.1, 0.15) is 4.90 Å². The Bertz CT molecular complexity index is 882. The number of aromatic hydroxyl groups is 1. The third-order valence-electron chi connectivity index (χ3n) is 4.87. The fourth-order valence-electron chi connectivity index (χ4n) is 3.17. The molecular weight excluding hydrogens is 415 g/mol. The van der Waals surface area contributed by atoms with E-state index in [1.165, 1.54) is 19.2 Å². The molecule has 0 bridgehead atoms. The number of carbonyl (C=O) groups excluding carboxylic acids is 1. The van der Waals surface area contributed by atoms with Gasteiger partial charge in [0.2, 0.25) is 0 Å². The van der Waals surface area contributed by atoms with Crippen LogP contribution in [0.1, 0.15) is 25.7 Å². The Morgan fingerprint density at radius 1 is 1.30 bits per heavy atom. The summed E-state index contributed by atoms with van der Waals surface area (Å²) in [5.74, 6) is -0.577. The summed E-state index contributed by atoms with van der Waals surface area (Å²) < 4.78 is 30.8. The molecule has 2 aliphatic carbocycles. The fraction of sp³-hybridized carbons (Fsp3) is 0.471. The first-order valence-corrected chi connectivity index (χ1v) is 10.8. The number of allylic oxidation sites excluding steroid dienone is 1. The molecular formula is C17H20Cl2N2O5S. The van der Waals surface area contributed by atoms with Gasteiger partial charge in [-0.1, -0.05) is 29.3 Å². The van der Waals surface area contributed by atoms with E-state index in [2.05, 4.69) is 10.6 Å². The molecule has 3 rings (SSSR count). The number of hydrogen-bond acceptors (Lipinski definition) is 5. The highest BCUT2D eigenvalue weighted by Gasteiger charge is 2.42. The van der Waals surface area contributed by atoms with Gasteiger partial charge in [-0.25, -0.2) is 13.2 Å². The van der Waals surface area contributed by atoms with Crippen molar-refractivity contribution in [2.45, 2.75) is 48.0 Å². The molecule has 0 aromatic heterocycles. The van der Waals surface area contributed by atoms with E-state index in [-0.39, 0.29) is 27.8 Å². The third kappa shape index (κ3) is 4.03. The Hall–Kier alpha value is -1.48. The number of amides is 2. The summed E-state index contributed by atoms with van der Waals surface area (Å²) in [4.78, 5) is 11.8. The van der Waals surface area contributed by atoms with Crippen LogP contribution in [-0.2, 0) is 14.6 Å². The molecule has 1 saturated carbocycles. The zero-order valence-electron chi connectivity index (χ0n) is 14.5. The molecule has 0 radical (unpaired) electrons. The molecule has 1 atom stereocenters. The molecule has 7 nitrogen and oxygen atoms in total. The predicted molar refractivity (Wildman–Crippen MR) is 103 cm³/mol. The lowest BCUT2D eigenvalue weighted by atomic mass is 9.95. The van der Waals surface area contributed by atoms with Gasteiger partial charge in [0.25, 0.3) is 0 Å². The fourth-order valence-corrected chi connectivity index (χ4v) is 5.91. The molecule has 1 unspecified atom stereocenters. The van der Waals surface area contributed by atoms with Gasteiger partial charge in [-0.05, 0) is 37.8 Å². The summed E-state index contributed by atoms with van der Waals surface area (Å²) in [5.41, 5.74) is -0.0452. The Labute approximate surface area is 167 Å². The minimum Gasteiger partial charge on any atom is -0.504 e. The largest absolute Gasteiger partial charge is 0.504 e. The number of nitrogens with one attached hydrogen (secondary N) is 2. The molecule has 0 heterocycles. The van der Waals surface area contributed by atoms with Crippen LogP contribution in [0, 0.1) is 0 Å². The third-order valence-corrected chi connectivity index (χ3v) is 7.96. The average molecular weight is 435 g/mol. The smallest absolute Gasteiger partial charge is 0.319 e. The summed E-state index contributed by atoms with van der Waals surface area (Å²) in [6.07, 6.45) is 3.81. The SMILES string of the molecule is COC1CC(S(=O)(=O)c2c(Cl)ccc(NC(=O)NC3CCC=C3Cl)c2O)C1. The summed E-state index contributed by atoms with van der Waals surface area (Å²) in [6.45, 7) is 0. The van der Waals surface area contributed by atoms with E-state index >= 15 is 0 Å². The number of hydrogen-bond donors (Lipinski definition) is 3. The first-order chi connectivity index (χ1) is 12.7. The van der Waals surface area contributed by atoms with E-state index in [0.29, 0.717) is 24.3 Å². The number of sulfone groups is 1. The second-order valence-electron chi connectivity index (χ2n) is 6.59. The molecule has 10 heteroatoms. The highest BCUT2D eigenvalue weighted by Crippen LogP contribution is 2.42. The van der Waals surface area contributed by atoms with Gasteiger partial charge in [-0.3, -0.25) is 0 Å². The molecule has 1 aromatic rings. The van der Waals surface area contributed by atoms with E-state index in [4.69, 9.17) is 27.9 Å². The Morgan fingerprint density at radius 2 is 2.00 bits per heavy atom. The number of ether oxygens (including phenoxy) is 1. The topological polar surface area (TPSA) is 105 Å². The highest BCUT2D eigenvalue weighted by atomic mass is 35.5. The van der Waals surface area contributed by atoms with E-state index in [1.807, 2.05) is 6.08 Å². The highest BCUT2D eigenvalue weighted by molar-refractivity contribution is 7.92. The molecule has 1 fully saturated rings. The van der Waals surface area contributed by atoms with Gasteiger partial charge in [-0.15, -0.1) is 0 Å². The van der Waals surface area contributed by atoms with Gasteiger partial charge < -0.3 is 20.5 Å². The van der Waals surface area contributed by atoms with Crippen LogP contribution in [-0.4, -0.2) is 44.1 Å². The Kier molecular flexibility index (Phi) is 5.90. The van der Waals surface area contributed by atoms with Gasteiger partial charge in [-0.2, -0.15) is 0 Å². The van der Waals surface area contributed by atoms with Crippen LogP contribution < -0.4 is 10.6 Å². The van der Waals surface area contributed by atoms with Crippen molar-refractivity contribution < 1.29 is 23.1 Å². The van der Waals surface area contributed by atoms with Crippen molar-refractivity contribution in [1.82, 2.24) is 5.32 Å². The maximum atomic E-state index is 12.8. The van der Waals surface area contributed by atoms with Gasteiger partial charge >= 0.3 is 6.03 Å². The number of phenols is 1. The number of benzene rings is 1. The molecule has 0 saturated heterocycles. The van der Waals surface area contributed by atoms with E-state index in [1.54, 1.807) is 0 Å². The minimum atomic E-state index is -3.86. The first kappa shape index (κ1) is 20.3.